The van der Waals surface area contributed by atoms with Crippen molar-refractivity contribution in [2.75, 3.05) is 18.0 Å². The van der Waals surface area contributed by atoms with E-state index in [2.05, 4.69) is 32.0 Å². The molecule has 0 spiro atoms. The van der Waals surface area contributed by atoms with Gasteiger partial charge in [-0.15, -0.1) is 0 Å². The van der Waals surface area contributed by atoms with Crippen LogP contribution in [0.1, 0.15) is 30.3 Å². The van der Waals surface area contributed by atoms with Gasteiger partial charge in [0.2, 0.25) is 0 Å². The van der Waals surface area contributed by atoms with Crippen LogP contribution >= 0.6 is 0 Å². The molecule has 0 radical (unpaired) electrons. The van der Waals surface area contributed by atoms with Gasteiger partial charge in [-0.2, -0.15) is 0 Å². The minimum Gasteiger partial charge on any atom is -0.356 e. The fourth-order valence-electron chi connectivity index (χ4n) is 3.33. The van der Waals surface area contributed by atoms with Gasteiger partial charge in [-0.25, -0.2) is 9.97 Å². The lowest BCUT2D eigenvalue weighted by Gasteiger charge is -2.33. The van der Waals surface area contributed by atoms with Crippen LogP contribution < -0.4 is 10.5 Å². The van der Waals surface area contributed by atoms with Crippen LogP contribution in [0.3, 0.4) is 0 Å². The Morgan fingerprint density at radius 3 is 3.04 bits per heavy atom. The summed E-state index contributed by atoms with van der Waals surface area (Å²) in [6.45, 7) is 3.65. The Balaban J connectivity index is 1.62. The van der Waals surface area contributed by atoms with E-state index in [1.807, 2.05) is 19.2 Å². The number of aromatic nitrogens is 4. The maximum atomic E-state index is 11.7. The van der Waals surface area contributed by atoms with Gasteiger partial charge in [-0.05, 0) is 38.0 Å². The molecule has 118 valence electrons. The molecule has 23 heavy (non-hydrogen) atoms. The van der Waals surface area contributed by atoms with Crippen LogP contribution in [0.2, 0.25) is 0 Å². The SMILES string of the molecule is Cc1nc(C2CCCN(c3ccc4cc[nH]c4n3)C2)cc(=O)[nH]1. The van der Waals surface area contributed by atoms with Crippen molar-refractivity contribution in [3.63, 3.8) is 0 Å². The molecule has 2 N–H and O–H groups in total. The zero-order chi connectivity index (χ0) is 15.8. The molecule has 3 aromatic heterocycles. The van der Waals surface area contributed by atoms with Crippen molar-refractivity contribution in [2.24, 2.45) is 0 Å². The standard InChI is InChI=1S/C17H19N5O/c1-11-19-14(9-16(23)20-11)13-3-2-8-22(10-13)15-5-4-12-6-7-18-17(12)21-15/h4-7,9,13H,2-3,8,10H2,1H3,(H,18,21)(H,19,20,23). The predicted octanol–water partition coefficient (Wildman–Crippen LogP) is 2.34. The summed E-state index contributed by atoms with van der Waals surface area (Å²) in [7, 11) is 0. The number of rotatable bonds is 2. The number of pyridine rings is 1. The number of aryl methyl sites for hydroxylation is 1. The maximum Gasteiger partial charge on any atom is 0.251 e. The van der Waals surface area contributed by atoms with E-state index in [-0.39, 0.29) is 11.5 Å². The molecule has 1 saturated heterocycles. The first-order chi connectivity index (χ1) is 11.2. The fourth-order valence-corrected chi connectivity index (χ4v) is 3.33. The first kappa shape index (κ1) is 14.0. The molecule has 1 atom stereocenters. The van der Waals surface area contributed by atoms with E-state index in [4.69, 9.17) is 4.98 Å². The van der Waals surface area contributed by atoms with Gasteiger partial charge in [0.25, 0.3) is 5.56 Å². The van der Waals surface area contributed by atoms with Crippen LogP contribution in [0.4, 0.5) is 5.82 Å². The second-order valence-corrected chi connectivity index (χ2v) is 6.13. The van der Waals surface area contributed by atoms with Crippen LogP contribution in [0, 0.1) is 6.92 Å². The summed E-state index contributed by atoms with van der Waals surface area (Å²) in [5.41, 5.74) is 1.72. The number of hydrogen-bond donors (Lipinski definition) is 2. The van der Waals surface area contributed by atoms with E-state index in [9.17, 15) is 4.79 Å². The van der Waals surface area contributed by atoms with E-state index < -0.39 is 0 Å². The van der Waals surface area contributed by atoms with Crippen molar-refractivity contribution in [3.8, 4) is 0 Å². The minimum atomic E-state index is -0.0736. The van der Waals surface area contributed by atoms with Gasteiger partial charge in [-0.1, -0.05) is 0 Å². The molecule has 1 unspecified atom stereocenters. The predicted molar refractivity (Wildman–Crippen MR) is 89.9 cm³/mol. The van der Waals surface area contributed by atoms with Crippen LogP contribution in [0.15, 0.2) is 35.3 Å². The number of hydrogen-bond acceptors (Lipinski definition) is 4. The largest absolute Gasteiger partial charge is 0.356 e. The highest BCUT2D eigenvalue weighted by molar-refractivity contribution is 5.77. The molecular formula is C17H19N5O. The molecule has 1 aliphatic rings. The second kappa shape index (κ2) is 5.53. The average molecular weight is 309 g/mol. The first-order valence-corrected chi connectivity index (χ1v) is 7.96. The molecular weight excluding hydrogens is 290 g/mol. The van der Waals surface area contributed by atoms with Gasteiger partial charge in [0.15, 0.2) is 0 Å². The molecule has 6 nitrogen and oxygen atoms in total. The van der Waals surface area contributed by atoms with Crippen LogP contribution in [-0.4, -0.2) is 33.0 Å². The normalized spacial score (nSPS) is 18.5. The summed E-state index contributed by atoms with van der Waals surface area (Å²) < 4.78 is 0. The summed E-state index contributed by atoms with van der Waals surface area (Å²) in [6, 6.07) is 7.80. The first-order valence-electron chi connectivity index (χ1n) is 7.96. The van der Waals surface area contributed by atoms with Gasteiger partial charge < -0.3 is 14.9 Å². The van der Waals surface area contributed by atoms with Crippen LogP contribution in [-0.2, 0) is 0 Å². The molecule has 0 aromatic carbocycles. The highest BCUT2D eigenvalue weighted by Gasteiger charge is 2.24. The van der Waals surface area contributed by atoms with Crippen LogP contribution in [0.5, 0.6) is 0 Å². The topological polar surface area (TPSA) is 77.7 Å². The van der Waals surface area contributed by atoms with E-state index in [1.165, 1.54) is 0 Å². The summed E-state index contributed by atoms with van der Waals surface area (Å²) >= 11 is 0. The maximum absolute atomic E-state index is 11.7. The fraction of sp³-hybridized carbons (Fsp3) is 0.353. The van der Waals surface area contributed by atoms with Crippen molar-refractivity contribution in [2.45, 2.75) is 25.7 Å². The van der Waals surface area contributed by atoms with Crippen molar-refractivity contribution >= 4 is 16.9 Å². The zero-order valence-corrected chi connectivity index (χ0v) is 13.0. The third-order valence-corrected chi connectivity index (χ3v) is 4.44. The molecule has 1 aliphatic heterocycles. The van der Waals surface area contributed by atoms with Gasteiger partial charge in [0, 0.05) is 36.7 Å². The number of fused-ring (bicyclic) bond motifs is 1. The molecule has 4 rings (SSSR count). The summed E-state index contributed by atoms with van der Waals surface area (Å²) in [6.07, 6.45) is 4.03. The molecule has 0 bridgehead atoms. The Bertz CT molecular complexity index is 897. The van der Waals surface area contributed by atoms with E-state index >= 15 is 0 Å². The minimum absolute atomic E-state index is 0.0736. The van der Waals surface area contributed by atoms with E-state index in [0.717, 1.165) is 48.5 Å². The molecule has 3 aromatic rings. The third kappa shape index (κ3) is 2.72. The lowest BCUT2D eigenvalue weighted by Crippen LogP contribution is -2.35. The molecule has 4 heterocycles. The molecule has 0 aliphatic carbocycles. The zero-order valence-electron chi connectivity index (χ0n) is 13.0. The Hall–Kier alpha value is -2.63. The monoisotopic (exact) mass is 309 g/mol. The summed E-state index contributed by atoms with van der Waals surface area (Å²) in [4.78, 5) is 29.1. The number of nitrogens with one attached hydrogen (secondary N) is 2. The van der Waals surface area contributed by atoms with Gasteiger partial charge in [0.1, 0.15) is 17.3 Å². The lowest BCUT2D eigenvalue weighted by molar-refractivity contribution is 0.497. The number of H-pyrrole nitrogens is 2. The molecule has 0 saturated carbocycles. The highest BCUT2D eigenvalue weighted by atomic mass is 16.1. The molecule has 6 heteroatoms. The van der Waals surface area contributed by atoms with Gasteiger partial charge in [0.05, 0.1) is 5.69 Å². The van der Waals surface area contributed by atoms with Crippen molar-refractivity contribution in [3.05, 3.63) is 52.3 Å². The van der Waals surface area contributed by atoms with Crippen molar-refractivity contribution < 1.29 is 0 Å². The smallest absolute Gasteiger partial charge is 0.251 e. The second-order valence-electron chi connectivity index (χ2n) is 6.13. The third-order valence-electron chi connectivity index (χ3n) is 4.44. The Kier molecular flexibility index (Phi) is 3.37. The van der Waals surface area contributed by atoms with E-state index in [1.54, 1.807) is 6.07 Å². The van der Waals surface area contributed by atoms with Gasteiger partial charge in [-0.3, -0.25) is 4.79 Å². The molecule has 1 fully saturated rings. The average Bonchev–Trinajstić information content (AvgIpc) is 3.01. The quantitative estimate of drug-likeness (QED) is 0.761. The van der Waals surface area contributed by atoms with Crippen LogP contribution in [0.25, 0.3) is 11.0 Å². The number of aromatic amines is 2. The number of nitrogens with zero attached hydrogens (tertiary/aromatic N) is 3. The Morgan fingerprint density at radius 1 is 1.26 bits per heavy atom. The van der Waals surface area contributed by atoms with E-state index in [0.29, 0.717) is 5.82 Å². The van der Waals surface area contributed by atoms with Gasteiger partial charge >= 0.3 is 0 Å². The number of anilines is 1. The van der Waals surface area contributed by atoms with Crippen molar-refractivity contribution in [1.29, 1.82) is 0 Å². The summed E-state index contributed by atoms with van der Waals surface area (Å²) in [5.74, 6) is 1.92. The highest BCUT2D eigenvalue weighted by Crippen LogP contribution is 2.28. The summed E-state index contributed by atoms with van der Waals surface area (Å²) in [5, 5.41) is 1.12. The Morgan fingerprint density at radius 2 is 2.17 bits per heavy atom. The Labute approximate surface area is 133 Å². The molecule has 0 amide bonds. The number of piperidine rings is 1. The van der Waals surface area contributed by atoms with Crippen molar-refractivity contribution in [1.82, 2.24) is 19.9 Å². The lowest BCUT2D eigenvalue weighted by atomic mass is 9.94.